The van der Waals surface area contributed by atoms with Gasteiger partial charge in [-0.15, -0.1) is 0 Å². The van der Waals surface area contributed by atoms with Gasteiger partial charge in [-0.2, -0.15) is 11.8 Å². The van der Waals surface area contributed by atoms with Crippen molar-refractivity contribution in [3.8, 4) is 5.75 Å². The minimum absolute atomic E-state index is 0.0108. The molecule has 1 amide bonds. The van der Waals surface area contributed by atoms with Crippen molar-refractivity contribution in [3.05, 3.63) is 29.8 Å². The first-order valence-corrected chi connectivity index (χ1v) is 7.25. The molecule has 0 saturated carbocycles. The van der Waals surface area contributed by atoms with Gasteiger partial charge in [-0.1, -0.05) is 19.1 Å². The molecule has 1 unspecified atom stereocenters. The van der Waals surface area contributed by atoms with Crippen molar-refractivity contribution < 1.29 is 9.53 Å². The number of amides is 1. The van der Waals surface area contributed by atoms with Gasteiger partial charge in [0.05, 0.1) is 12.7 Å². The van der Waals surface area contributed by atoms with Gasteiger partial charge in [0.25, 0.3) is 5.91 Å². The number of carbonyl (C=O) groups is 1. The molecule has 0 radical (unpaired) electrons. The fraction of sp³-hybridized carbons (Fsp3) is 0.500. The molecule has 18 heavy (non-hydrogen) atoms. The maximum atomic E-state index is 12.4. The Morgan fingerprint density at radius 1 is 1.44 bits per heavy atom. The lowest BCUT2D eigenvalue weighted by Crippen LogP contribution is -2.36. The summed E-state index contributed by atoms with van der Waals surface area (Å²) >= 11 is 1.84. The fourth-order valence-corrected chi connectivity index (χ4v) is 2.41. The van der Waals surface area contributed by atoms with E-state index in [0.717, 1.165) is 11.5 Å². The van der Waals surface area contributed by atoms with E-state index in [9.17, 15) is 4.79 Å². The van der Waals surface area contributed by atoms with Crippen LogP contribution in [0.1, 0.15) is 24.2 Å². The first-order valence-electron chi connectivity index (χ1n) is 6.09. The van der Waals surface area contributed by atoms with E-state index in [1.807, 2.05) is 37.0 Å². The van der Waals surface area contributed by atoms with E-state index in [2.05, 4.69) is 13.8 Å². The van der Waals surface area contributed by atoms with Gasteiger partial charge in [-0.05, 0) is 24.8 Å². The molecular weight excluding hydrogens is 246 g/mol. The van der Waals surface area contributed by atoms with Crippen LogP contribution in [0, 0.1) is 0 Å². The van der Waals surface area contributed by atoms with Crippen LogP contribution in [0.2, 0.25) is 0 Å². The maximum Gasteiger partial charge on any atom is 0.257 e. The Morgan fingerprint density at radius 2 is 2.11 bits per heavy atom. The summed E-state index contributed by atoms with van der Waals surface area (Å²) in [5, 5.41) is 0. The Bertz CT molecular complexity index is 395. The molecule has 0 fully saturated rings. The highest BCUT2D eigenvalue weighted by atomic mass is 32.2. The fourth-order valence-electron chi connectivity index (χ4n) is 1.61. The first kappa shape index (κ1) is 14.9. The Hall–Kier alpha value is -1.16. The average molecular weight is 267 g/mol. The number of rotatable bonds is 6. The molecule has 1 aromatic rings. The third kappa shape index (κ3) is 3.67. The molecule has 0 bridgehead atoms. The summed E-state index contributed by atoms with van der Waals surface area (Å²) in [6.45, 7) is 4.19. The lowest BCUT2D eigenvalue weighted by Gasteiger charge is -2.25. The summed E-state index contributed by atoms with van der Waals surface area (Å²) < 4.78 is 5.22. The highest BCUT2D eigenvalue weighted by Gasteiger charge is 2.20. The lowest BCUT2D eigenvalue weighted by atomic mass is 10.1. The zero-order valence-electron chi connectivity index (χ0n) is 11.5. The van der Waals surface area contributed by atoms with Crippen LogP contribution >= 0.6 is 11.8 Å². The molecule has 0 aliphatic carbocycles. The van der Waals surface area contributed by atoms with E-state index in [4.69, 9.17) is 4.74 Å². The van der Waals surface area contributed by atoms with Crippen molar-refractivity contribution >= 4 is 17.7 Å². The number of carbonyl (C=O) groups excluding carboxylic acids is 1. The van der Waals surface area contributed by atoms with Gasteiger partial charge in [0.15, 0.2) is 0 Å². The highest BCUT2D eigenvalue weighted by molar-refractivity contribution is 7.99. The zero-order valence-corrected chi connectivity index (χ0v) is 12.3. The van der Waals surface area contributed by atoms with Gasteiger partial charge in [0.1, 0.15) is 5.75 Å². The van der Waals surface area contributed by atoms with E-state index < -0.39 is 0 Å². The molecule has 100 valence electrons. The smallest absolute Gasteiger partial charge is 0.257 e. The quantitative estimate of drug-likeness (QED) is 0.793. The molecule has 1 aromatic carbocycles. The number of hydrogen-bond donors (Lipinski definition) is 0. The Kier molecular flexibility index (Phi) is 6.05. The molecule has 4 heteroatoms. The number of thioether (sulfide) groups is 1. The molecular formula is C14H21NO2S. The van der Waals surface area contributed by atoms with Gasteiger partial charge in [-0.3, -0.25) is 4.79 Å². The van der Waals surface area contributed by atoms with Crippen molar-refractivity contribution in [3.63, 3.8) is 0 Å². The second-order valence-electron chi connectivity index (χ2n) is 4.12. The number of ether oxygens (including phenoxy) is 1. The van der Waals surface area contributed by atoms with E-state index in [1.54, 1.807) is 18.1 Å². The maximum absolute atomic E-state index is 12.4. The molecule has 0 N–H and O–H groups in total. The molecule has 3 nitrogen and oxygen atoms in total. The van der Waals surface area contributed by atoms with Gasteiger partial charge >= 0.3 is 0 Å². The van der Waals surface area contributed by atoms with Crippen LogP contribution in [0.15, 0.2) is 24.3 Å². The van der Waals surface area contributed by atoms with Crippen LogP contribution in [0.5, 0.6) is 5.75 Å². The van der Waals surface area contributed by atoms with Crippen molar-refractivity contribution in [1.82, 2.24) is 4.90 Å². The van der Waals surface area contributed by atoms with Crippen molar-refractivity contribution in [2.75, 3.05) is 25.7 Å². The monoisotopic (exact) mass is 267 g/mol. The molecule has 0 saturated heterocycles. The second kappa shape index (κ2) is 7.31. The number of hydrogen-bond acceptors (Lipinski definition) is 3. The summed E-state index contributed by atoms with van der Waals surface area (Å²) in [5.74, 6) is 2.66. The highest BCUT2D eigenvalue weighted by Crippen LogP contribution is 2.20. The Balaban J connectivity index is 2.79. The lowest BCUT2D eigenvalue weighted by molar-refractivity contribution is 0.0754. The third-order valence-corrected chi connectivity index (χ3v) is 4.01. The summed E-state index contributed by atoms with van der Waals surface area (Å²) in [6.07, 6.45) is 0. The number of nitrogens with zero attached hydrogens (tertiary/aromatic N) is 1. The second-order valence-corrected chi connectivity index (χ2v) is 5.44. The van der Waals surface area contributed by atoms with Gasteiger partial charge in [-0.25, -0.2) is 0 Å². The number of para-hydroxylation sites is 1. The van der Waals surface area contributed by atoms with Crippen molar-refractivity contribution in [1.29, 1.82) is 0 Å². The first-order chi connectivity index (χ1) is 8.61. The molecule has 0 aliphatic heterocycles. The summed E-state index contributed by atoms with van der Waals surface area (Å²) in [7, 11) is 3.43. The average Bonchev–Trinajstić information content (AvgIpc) is 2.42. The summed E-state index contributed by atoms with van der Waals surface area (Å²) in [4.78, 5) is 14.1. The summed E-state index contributed by atoms with van der Waals surface area (Å²) in [5.41, 5.74) is 0.621. The molecule has 1 rings (SSSR count). The van der Waals surface area contributed by atoms with Crippen molar-refractivity contribution in [2.45, 2.75) is 19.9 Å². The van der Waals surface area contributed by atoms with Gasteiger partial charge < -0.3 is 9.64 Å². The van der Waals surface area contributed by atoms with Gasteiger partial charge in [0, 0.05) is 18.8 Å². The van der Waals surface area contributed by atoms with E-state index in [0.29, 0.717) is 11.3 Å². The number of methoxy groups -OCH3 is 1. The Morgan fingerprint density at radius 3 is 2.72 bits per heavy atom. The van der Waals surface area contributed by atoms with Crippen LogP contribution in [-0.2, 0) is 0 Å². The van der Waals surface area contributed by atoms with Crippen LogP contribution in [-0.4, -0.2) is 42.5 Å². The Labute approximate surface area is 114 Å². The minimum atomic E-state index is 0.0108. The SMILES string of the molecule is CCSCC(C)N(C)C(=O)c1ccccc1OC. The minimum Gasteiger partial charge on any atom is -0.496 e. The molecule has 1 atom stereocenters. The summed E-state index contributed by atoms with van der Waals surface area (Å²) in [6, 6.07) is 7.55. The van der Waals surface area contributed by atoms with Gasteiger partial charge in [0.2, 0.25) is 0 Å². The predicted octanol–water partition coefficient (Wildman–Crippen LogP) is 2.91. The largest absolute Gasteiger partial charge is 0.496 e. The predicted molar refractivity (Wildman–Crippen MR) is 77.5 cm³/mol. The van der Waals surface area contributed by atoms with E-state index >= 15 is 0 Å². The van der Waals surface area contributed by atoms with Crippen molar-refractivity contribution in [2.24, 2.45) is 0 Å². The van der Waals surface area contributed by atoms with E-state index in [1.165, 1.54) is 0 Å². The van der Waals surface area contributed by atoms with Crippen LogP contribution in [0.25, 0.3) is 0 Å². The van der Waals surface area contributed by atoms with Crippen LogP contribution in [0.3, 0.4) is 0 Å². The topological polar surface area (TPSA) is 29.5 Å². The third-order valence-electron chi connectivity index (χ3n) is 2.88. The number of benzene rings is 1. The molecule has 0 heterocycles. The molecule has 0 aliphatic rings. The van der Waals surface area contributed by atoms with Crippen LogP contribution in [0.4, 0.5) is 0 Å². The standard InChI is InChI=1S/C14H21NO2S/c1-5-18-10-11(2)15(3)14(16)12-8-6-7-9-13(12)17-4/h6-9,11H,5,10H2,1-4H3. The molecule has 0 aromatic heterocycles. The normalized spacial score (nSPS) is 12.0. The van der Waals surface area contributed by atoms with Crippen LogP contribution < -0.4 is 4.74 Å². The van der Waals surface area contributed by atoms with E-state index in [-0.39, 0.29) is 11.9 Å². The zero-order chi connectivity index (χ0) is 13.5. The molecule has 0 spiro atoms.